The summed E-state index contributed by atoms with van der Waals surface area (Å²) in [6.45, 7) is 6.06. The van der Waals surface area contributed by atoms with Crippen LogP contribution in [0.5, 0.6) is 0 Å². The van der Waals surface area contributed by atoms with Gasteiger partial charge in [-0.1, -0.05) is 29.8 Å². The molecule has 2 aromatic rings. The zero-order valence-electron chi connectivity index (χ0n) is 17.4. The molecule has 0 bridgehead atoms. The van der Waals surface area contributed by atoms with Crippen LogP contribution >= 0.6 is 0 Å². The van der Waals surface area contributed by atoms with Crippen molar-refractivity contribution in [3.8, 4) is 0 Å². The van der Waals surface area contributed by atoms with Gasteiger partial charge in [0.25, 0.3) is 0 Å². The number of aryl methyl sites for hydroxylation is 2. The highest BCUT2D eigenvalue weighted by Gasteiger charge is 2.34. The summed E-state index contributed by atoms with van der Waals surface area (Å²) < 4.78 is 2.14. The first kappa shape index (κ1) is 19.9. The second kappa shape index (κ2) is 8.14. The molecular weight excluding hydrogens is 366 g/mol. The van der Waals surface area contributed by atoms with E-state index < -0.39 is 5.60 Å². The fourth-order valence-electron chi connectivity index (χ4n) is 4.50. The van der Waals surface area contributed by atoms with E-state index in [1.54, 1.807) is 4.90 Å². The first-order valence-electron chi connectivity index (χ1n) is 10.7. The number of fused-ring (bicyclic) bond motifs is 1. The summed E-state index contributed by atoms with van der Waals surface area (Å²) in [6.07, 6.45) is 5.04. The van der Waals surface area contributed by atoms with Crippen LogP contribution in [0.15, 0.2) is 24.3 Å². The molecule has 2 aliphatic rings. The third-order valence-electron chi connectivity index (χ3n) is 6.21. The average molecular weight is 398 g/mol. The number of nitrogens with zero attached hydrogens (tertiary/aromatic N) is 4. The van der Waals surface area contributed by atoms with Crippen LogP contribution in [0.3, 0.4) is 0 Å². The van der Waals surface area contributed by atoms with Crippen molar-refractivity contribution < 1.29 is 9.90 Å². The fourth-order valence-corrected chi connectivity index (χ4v) is 4.50. The molecule has 0 spiro atoms. The molecule has 4 rings (SSSR count). The van der Waals surface area contributed by atoms with Crippen LogP contribution in [0, 0.1) is 6.92 Å². The van der Waals surface area contributed by atoms with Gasteiger partial charge in [-0.3, -0.25) is 0 Å². The third-order valence-corrected chi connectivity index (χ3v) is 6.21. The quantitative estimate of drug-likeness (QED) is 0.831. The lowest BCUT2D eigenvalue weighted by atomic mass is 9.85. The van der Waals surface area contributed by atoms with Crippen molar-refractivity contribution in [1.82, 2.24) is 25.0 Å². The molecule has 29 heavy (non-hydrogen) atoms. The van der Waals surface area contributed by atoms with Gasteiger partial charge in [0, 0.05) is 32.5 Å². The number of urea groups is 1. The maximum Gasteiger partial charge on any atom is 0.317 e. The number of likely N-dealkylation sites (tertiary alicyclic amines) is 1. The van der Waals surface area contributed by atoms with Crippen LogP contribution in [0.1, 0.15) is 61.4 Å². The van der Waals surface area contributed by atoms with Crippen LogP contribution in [0.25, 0.3) is 0 Å². The molecule has 2 amide bonds. The van der Waals surface area contributed by atoms with Crippen molar-refractivity contribution in [3.05, 3.63) is 47.0 Å². The fraction of sp³-hybridized carbons (Fsp3) is 0.591. The lowest BCUT2D eigenvalue weighted by Gasteiger charge is -2.38. The highest BCUT2D eigenvalue weighted by Crippen LogP contribution is 2.27. The third kappa shape index (κ3) is 4.45. The molecule has 1 aromatic carbocycles. The zero-order chi connectivity index (χ0) is 20.4. The van der Waals surface area contributed by atoms with E-state index in [4.69, 9.17) is 0 Å². The average Bonchev–Trinajstić information content (AvgIpc) is 3.12. The topological polar surface area (TPSA) is 83.3 Å². The van der Waals surface area contributed by atoms with Crippen LogP contribution < -0.4 is 5.32 Å². The van der Waals surface area contributed by atoms with Crippen molar-refractivity contribution in [2.75, 3.05) is 13.1 Å². The standard InChI is InChI=1S/C22H31N5O2/c1-16-6-5-7-18(14-16)15-22(29)9-12-26(13-10-22)21(28)23-17(2)20-25-24-19-8-3-4-11-27(19)20/h5-7,14,17,29H,3-4,8-13,15H2,1-2H3,(H,23,28). The molecule has 1 saturated heterocycles. The predicted molar refractivity (Wildman–Crippen MR) is 111 cm³/mol. The van der Waals surface area contributed by atoms with Gasteiger partial charge in [-0.2, -0.15) is 0 Å². The zero-order valence-corrected chi connectivity index (χ0v) is 17.4. The van der Waals surface area contributed by atoms with Gasteiger partial charge in [0.15, 0.2) is 5.82 Å². The molecule has 2 N–H and O–H groups in total. The van der Waals surface area contributed by atoms with E-state index in [2.05, 4.69) is 45.2 Å². The van der Waals surface area contributed by atoms with Gasteiger partial charge in [-0.25, -0.2) is 4.79 Å². The number of aliphatic hydroxyl groups is 1. The predicted octanol–water partition coefficient (Wildman–Crippen LogP) is 2.76. The summed E-state index contributed by atoms with van der Waals surface area (Å²) in [5.74, 6) is 1.85. The molecule has 1 unspecified atom stereocenters. The summed E-state index contributed by atoms with van der Waals surface area (Å²) in [5.41, 5.74) is 1.60. The second-order valence-corrected chi connectivity index (χ2v) is 8.63. The Balaban J connectivity index is 1.32. The molecule has 3 heterocycles. The Morgan fingerprint density at radius 3 is 2.79 bits per heavy atom. The number of rotatable bonds is 4. The number of carbonyl (C=O) groups excluding carboxylic acids is 1. The highest BCUT2D eigenvalue weighted by atomic mass is 16.3. The molecule has 2 aliphatic heterocycles. The van der Waals surface area contributed by atoms with Gasteiger partial charge in [0.2, 0.25) is 0 Å². The number of hydrogen-bond donors (Lipinski definition) is 2. The molecule has 1 aromatic heterocycles. The highest BCUT2D eigenvalue weighted by molar-refractivity contribution is 5.74. The van der Waals surface area contributed by atoms with E-state index in [1.807, 2.05) is 13.0 Å². The smallest absolute Gasteiger partial charge is 0.317 e. The minimum absolute atomic E-state index is 0.0942. The number of nitrogens with one attached hydrogen (secondary N) is 1. The minimum atomic E-state index is -0.748. The lowest BCUT2D eigenvalue weighted by Crippen LogP contribution is -2.51. The van der Waals surface area contributed by atoms with Gasteiger partial charge in [-0.15, -0.1) is 10.2 Å². The Labute approximate surface area is 172 Å². The number of piperidine rings is 1. The van der Waals surface area contributed by atoms with Crippen molar-refractivity contribution in [2.24, 2.45) is 0 Å². The Hall–Kier alpha value is -2.41. The van der Waals surface area contributed by atoms with Crippen LogP contribution in [-0.4, -0.2) is 49.5 Å². The first-order valence-corrected chi connectivity index (χ1v) is 10.7. The maximum absolute atomic E-state index is 12.8. The summed E-state index contributed by atoms with van der Waals surface area (Å²) in [6, 6.07) is 8.00. The molecule has 7 nitrogen and oxygen atoms in total. The van der Waals surface area contributed by atoms with Crippen molar-refractivity contribution >= 4 is 6.03 Å². The monoisotopic (exact) mass is 397 g/mol. The Morgan fingerprint density at radius 1 is 1.24 bits per heavy atom. The Morgan fingerprint density at radius 2 is 2.03 bits per heavy atom. The normalized spacial score (nSPS) is 19.5. The molecule has 7 heteroatoms. The molecule has 0 aliphatic carbocycles. The second-order valence-electron chi connectivity index (χ2n) is 8.63. The SMILES string of the molecule is Cc1cccc(CC2(O)CCN(C(=O)NC(C)c3nnc4n3CCCC4)CC2)c1. The van der Waals surface area contributed by atoms with Gasteiger partial charge >= 0.3 is 6.03 Å². The van der Waals surface area contributed by atoms with Crippen molar-refractivity contribution in [3.63, 3.8) is 0 Å². The summed E-state index contributed by atoms with van der Waals surface area (Å²) in [5, 5.41) is 22.7. The number of carbonyl (C=O) groups is 1. The van der Waals surface area contributed by atoms with Crippen molar-refractivity contribution in [2.45, 2.75) is 70.6 Å². The number of aromatic nitrogens is 3. The number of benzene rings is 1. The van der Waals surface area contributed by atoms with E-state index in [1.165, 1.54) is 5.56 Å². The van der Waals surface area contributed by atoms with Crippen LogP contribution in [0.4, 0.5) is 4.79 Å². The number of amides is 2. The van der Waals surface area contributed by atoms with Crippen molar-refractivity contribution in [1.29, 1.82) is 0 Å². The molecule has 1 atom stereocenters. The van der Waals surface area contributed by atoms with Crippen LogP contribution in [-0.2, 0) is 19.4 Å². The molecule has 0 saturated carbocycles. The largest absolute Gasteiger partial charge is 0.389 e. The van der Waals surface area contributed by atoms with E-state index >= 15 is 0 Å². The summed E-state index contributed by atoms with van der Waals surface area (Å²) >= 11 is 0. The van der Waals surface area contributed by atoms with E-state index in [0.29, 0.717) is 32.4 Å². The maximum atomic E-state index is 12.8. The number of hydrogen-bond acceptors (Lipinski definition) is 4. The summed E-state index contributed by atoms with van der Waals surface area (Å²) in [4.78, 5) is 14.6. The first-order chi connectivity index (χ1) is 13.9. The molecule has 0 radical (unpaired) electrons. The Kier molecular flexibility index (Phi) is 5.58. The molecule has 1 fully saturated rings. The minimum Gasteiger partial charge on any atom is -0.389 e. The van der Waals surface area contributed by atoms with E-state index in [9.17, 15) is 9.90 Å². The summed E-state index contributed by atoms with van der Waals surface area (Å²) in [7, 11) is 0. The van der Waals surface area contributed by atoms with Crippen LogP contribution in [0.2, 0.25) is 0 Å². The van der Waals surface area contributed by atoms with E-state index in [0.717, 1.165) is 43.0 Å². The van der Waals surface area contributed by atoms with Gasteiger partial charge in [0.05, 0.1) is 11.6 Å². The Bertz CT molecular complexity index is 870. The lowest BCUT2D eigenvalue weighted by molar-refractivity contribution is -0.0118. The molecular formula is C22H31N5O2. The van der Waals surface area contributed by atoms with E-state index in [-0.39, 0.29) is 12.1 Å². The van der Waals surface area contributed by atoms with Gasteiger partial charge < -0.3 is 19.9 Å². The van der Waals surface area contributed by atoms with Gasteiger partial charge in [0.1, 0.15) is 5.82 Å². The van der Waals surface area contributed by atoms with Gasteiger partial charge in [-0.05, 0) is 45.1 Å². The molecule has 156 valence electrons.